The molecule has 0 bridgehead atoms. The highest BCUT2D eigenvalue weighted by molar-refractivity contribution is 6.03. The van der Waals surface area contributed by atoms with E-state index in [-0.39, 0.29) is 6.04 Å². The van der Waals surface area contributed by atoms with Gasteiger partial charge in [0.15, 0.2) is 0 Å². The molecule has 1 aliphatic rings. The first-order valence-electron chi connectivity index (χ1n) is 15.4. The van der Waals surface area contributed by atoms with Crippen molar-refractivity contribution in [2.45, 2.75) is 39.2 Å². The van der Waals surface area contributed by atoms with Gasteiger partial charge in [0.25, 0.3) is 0 Å². The van der Waals surface area contributed by atoms with Crippen LogP contribution < -0.4 is 14.8 Å². The molecule has 43 heavy (non-hydrogen) atoms. The minimum Gasteiger partial charge on any atom is -0.369 e. The summed E-state index contributed by atoms with van der Waals surface area (Å²) >= 11 is 0. The summed E-state index contributed by atoms with van der Waals surface area (Å²) < 4.78 is 2.16. The highest BCUT2D eigenvalue weighted by Gasteiger charge is 2.27. The molecule has 5 aromatic carbocycles. The van der Waals surface area contributed by atoms with E-state index in [9.17, 15) is 0 Å². The number of para-hydroxylation sites is 1. The highest BCUT2D eigenvalue weighted by atomic mass is 15.0. The van der Waals surface area contributed by atoms with Crippen LogP contribution in [0, 0.1) is 17.3 Å². The Morgan fingerprint density at radius 3 is 2.09 bits per heavy atom. The van der Waals surface area contributed by atoms with Gasteiger partial charge in [-0.1, -0.05) is 111 Å². The van der Waals surface area contributed by atoms with Crippen LogP contribution in [0.4, 0.5) is 5.69 Å². The third-order valence-electron chi connectivity index (χ3n) is 9.02. The summed E-state index contributed by atoms with van der Waals surface area (Å²) in [5.41, 5.74) is 7.65. The lowest BCUT2D eigenvalue weighted by molar-refractivity contribution is -0.520. The maximum atomic E-state index is 4.72. The number of rotatable bonds is 6. The topological polar surface area (TPSA) is 17.9 Å². The van der Waals surface area contributed by atoms with Crippen LogP contribution in [0.1, 0.15) is 47.8 Å². The normalized spacial score (nSPS) is 13.9. The van der Waals surface area contributed by atoms with Crippen LogP contribution >= 0.6 is 0 Å². The van der Waals surface area contributed by atoms with Gasteiger partial charge in [-0.2, -0.15) is 4.24 Å². The molecular formula is C41H37N2+. The van der Waals surface area contributed by atoms with Gasteiger partial charge in [0.05, 0.1) is 5.22 Å². The molecule has 0 saturated heterocycles. The number of anilines is 1. The Labute approximate surface area is 253 Å². The van der Waals surface area contributed by atoms with Gasteiger partial charge in [0.1, 0.15) is 12.8 Å². The molecule has 1 aromatic heterocycles. The summed E-state index contributed by atoms with van der Waals surface area (Å²) in [5.74, 6) is 0. The fourth-order valence-electron chi connectivity index (χ4n) is 6.84. The van der Waals surface area contributed by atoms with Crippen molar-refractivity contribution in [2.24, 2.45) is 0 Å². The van der Waals surface area contributed by atoms with E-state index >= 15 is 0 Å². The summed E-state index contributed by atoms with van der Waals surface area (Å²) in [7, 11) is 0. The summed E-state index contributed by atoms with van der Waals surface area (Å²) in [5, 5.41) is 12.7. The lowest BCUT2D eigenvalue weighted by atomic mass is 9.89. The van der Waals surface area contributed by atoms with Crippen LogP contribution in [-0.4, -0.2) is 0 Å². The van der Waals surface area contributed by atoms with Gasteiger partial charge in [-0.3, -0.25) is 0 Å². The first-order chi connectivity index (χ1) is 21.2. The number of nitrogens with one attached hydrogen (secondary N) is 1. The number of hydrogen-bond acceptors (Lipinski definition) is 1. The SMILES string of the molecule is C=[n+]1c(C(Nc2c(CC)cccc2CC)c2c3ccccc3cc3ccccc23)ccc/c1=c1/cccc2c1=CC=CC2. The molecule has 1 heterocycles. The number of hydrogen-bond donors (Lipinski definition) is 1. The second-order valence-corrected chi connectivity index (χ2v) is 11.4. The van der Waals surface area contributed by atoms with E-state index in [4.69, 9.17) is 6.72 Å². The Morgan fingerprint density at radius 1 is 0.744 bits per heavy atom. The van der Waals surface area contributed by atoms with Gasteiger partial charge in [-0.15, -0.1) is 0 Å². The zero-order chi connectivity index (χ0) is 29.3. The van der Waals surface area contributed by atoms with E-state index in [2.05, 4.69) is 151 Å². The lowest BCUT2D eigenvalue weighted by Gasteiger charge is -2.24. The number of benzene rings is 5. The maximum Gasteiger partial charge on any atom is 0.218 e. The zero-order valence-corrected chi connectivity index (χ0v) is 25.0. The Bertz CT molecular complexity index is 2170. The molecule has 7 rings (SSSR count). The van der Waals surface area contributed by atoms with Crippen LogP contribution in [0.5, 0.6) is 0 Å². The van der Waals surface area contributed by atoms with Gasteiger partial charge in [-0.25, -0.2) is 0 Å². The highest BCUT2D eigenvalue weighted by Crippen LogP contribution is 2.38. The number of aromatic nitrogens is 1. The molecule has 6 aromatic rings. The van der Waals surface area contributed by atoms with Crippen molar-refractivity contribution >= 4 is 33.3 Å². The Morgan fingerprint density at radius 2 is 1.40 bits per heavy atom. The van der Waals surface area contributed by atoms with Crippen LogP contribution in [0.15, 0.2) is 121 Å². The second kappa shape index (κ2) is 11.4. The van der Waals surface area contributed by atoms with E-state index < -0.39 is 0 Å². The number of aryl methyl sites for hydroxylation is 2. The first kappa shape index (κ1) is 26.9. The minimum atomic E-state index is -0.144. The predicted molar refractivity (Wildman–Crippen MR) is 181 cm³/mol. The largest absolute Gasteiger partial charge is 0.369 e. The van der Waals surface area contributed by atoms with Crippen molar-refractivity contribution in [3.63, 3.8) is 0 Å². The van der Waals surface area contributed by atoms with Gasteiger partial charge in [0.2, 0.25) is 11.0 Å². The molecule has 2 nitrogen and oxygen atoms in total. The third kappa shape index (κ3) is 4.73. The molecule has 0 radical (unpaired) electrons. The Balaban J connectivity index is 1.60. The number of fused-ring (bicyclic) bond motifs is 3. The van der Waals surface area contributed by atoms with E-state index in [1.165, 1.54) is 59.9 Å². The summed E-state index contributed by atoms with van der Waals surface area (Å²) in [6, 6.07) is 39.7. The molecule has 1 aliphatic carbocycles. The average Bonchev–Trinajstić information content (AvgIpc) is 3.06. The van der Waals surface area contributed by atoms with Crippen molar-refractivity contribution in [2.75, 3.05) is 5.32 Å². The fourth-order valence-corrected chi connectivity index (χ4v) is 6.84. The van der Waals surface area contributed by atoms with Crippen LogP contribution in [-0.2, 0) is 19.3 Å². The number of nitrogens with zero attached hydrogens (tertiary/aromatic N) is 1. The van der Waals surface area contributed by atoms with Gasteiger partial charge >= 0.3 is 0 Å². The van der Waals surface area contributed by atoms with E-state index in [1.807, 2.05) is 0 Å². The molecule has 2 heteroatoms. The van der Waals surface area contributed by atoms with Gasteiger partial charge < -0.3 is 5.32 Å². The fraction of sp³-hybridized carbons (Fsp3) is 0.146. The molecule has 1 N–H and O–H groups in total. The Kier molecular flexibility index (Phi) is 7.12. The van der Waals surface area contributed by atoms with Crippen molar-refractivity contribution in [1.29, 1.82) is 0 Å². The summed E-state index contributed by atoms with van der Waals surface area (Å²) in [6.45, 7) is 9.21. The van der Waals surface area contributed by atoms with E-state index in [0.717, 1.165) is 30.3 Å². The Hall–Kier alpha value is -4.95. The van der Waals surface area contributed by atoms with Crippen LogP contribution in [0.2, 0.25) is 0 Å². The van der Waals surface area contributed by atoms with Crippen LogP contribution in [0.3, 0.4) is 0 Å². The molecule has 210 valence electrons. The van der Waals surface area contributed by atoms with Crippen molar-refractivity contribution < 1.29 is 4.24 Å². The zero-order valence-electron chi connectivity index (χ0n) is 25.0. The molecular weight excluding hydrogens is 520 g/mol. The summed E-state index contributed by atoms with van der Waals surface area (Å²) in [4.78, 5) is 0. The first-order valence-corrected chi connectivity index (χ1v) is 15.4. The van der Waals surface area contributed by atoms with E-state index in [0.29, 0.717) is 0 Å². The standard InChI is InChI=1S/C41H37N2/c1-4-28-18-12-19-29(5-2)40(28)42-41(39-34-22-10-7-16-31(34)27-32-17-8-11-23-35(32)39)38-26-14-25-37(43(38)3)36-24-13-20-30-15-6-9-21-33(30)36/h6-14,16-27,41-42H,3-5,15H2,1-2H3/q+1/b37-36+. The molecule has 0 aliphatic heterocycles. The smallest absolute Gasteiger partial charge is 0.218 e. The molecule has 1 unspecified atom stereocenters. The molecule has 0 amide bonds. The molecule has 0 spiro atoms. The molecule has 1 atom stereocenters. The van der Waals surface area contributed by atoms with E-state index in [1.54, 1.807) is 0 Å². The number of allylic oxidation sites excluding steroid dienone is 2. The van der Waals surface area contributed by atoms with Gasteiger partial charge in [0, 0.05) is 23.4 Å². The monoisotopic (exact) mass is 557 g/mol. The average molecular weight is 558 g/mol. The van der Waals surface area contributed by atoms with Gasteiger partial charge in [-0.05, 0) is 80.9 Å². The van der Waals surface area contributed by atoms with Crippen LogP contribution in [0.25, 0.3) is 27.6 Å². The van der Waals surface area contributed by atoms with Crippen molar-refractivity contribution in [3.05, 3.63) is 172 Å². The predicted octanol–water partition coefficient (Wildman–Crippen LogP) is 8.43. The third-order valence-corrected chi connectivity index (χ3v) is 9.02. The second-order valence-electron chi connectivity index (χ2n) is 11.4. The maximum absolute atomic E-state index is 4.72. The van der Waals surface area contributed by atoms with Crippen molar-refractivity contribution in [1.82, 2.24) is 0 Å². The molecule has 0 saturated carbocycles. The minimum absolute atomic E-state index is 0.144. The quantitative estimate of drug-likeness (QED) is 0.161. The lowest BCUT2D eigenvalue weighted by Crippen LogP contribution is -2.31. The molecule has 0 fully saturated rings. The summed E-state index contributed by atoms with van der Waals surface area (Å²) in [6.07, 6.45) is 9.51. The number of pyridine rings is 1. The van der Waals surface area contributed by atoms with Crippen molar-refractivity contribution in [3.8, 4) is 0 Å².